The number of carbonyl (C=O) groups excluding carboxylic acids is 4. The third-order valence-electron chi connectivity index (χ3n) is 2.71. The van der Waals surface area contributed by atoms with E-state index in [1.54, 1.807) is 4.72 Å². The third-order valence-corrected chi connectivity index (χ3v) is 4.06. The molecule has 11 nitrogen and oxygen atoms in total. The van der Waals surface area contributed by atoms with Crippen LogP contribution in [0.3, 0.4) is 0 Å². The fraction of sp³-hybridized carbons (Fsp3) is 0.286. The maximum atomic E-state index is 12.0. The van der Waals surface area contributed by atoms with Crippen LogP contribution in [0, 0.1) is 0 Å². The molecule has 12 heteroatoms. The van der Waals surface area contributed by atoms with E-state index < -0.39 is 40.3 Å². The van der Waals surface area contributed by atoms with Gasteiger partial charge in [0, 0.05) is 12.2 Å². The lowest BCUT2D eigenvalue weighted by Gasteiger charge is -2.08. The second-order valence-electron chi connectivity index (χ2n) is 4.61. The van der Waals surface area contributed by atoms with Gasteiger partial charge in [0.2, 0.25) is 0 Å². The van der Waals surface area contributed by atoms with Crippen LogP contribution in [0.4, 0.5) is 5.69 Å². The van der Waals surface area contributed by atoms with Crippen molar-refractivity contribution in [3.05, 3.63) is 24.3 Å². The Hall–Kier alpha value is -2.99. The number of nitrogens with one attached hydrogen (secondary N) is 3. The minimum atomic E-state index is -4.33. The number of rotatable bonds is 6. The van der Waals surface area contributed by atoms with Gasteiger partial charge in [0.15, 0.2) is 0 Å². The highest BCUT2D eigenvalue weighted by Crippen LogP contribution is 2.14. The van der Waals surface area contributed by atoms with Gasteiger partial charge in [-0.1, -0.05) is 0 Å². The largest absolute Gasteiger partial charge is 0.459 e. The van der Waals surface area contributed by atoms with Gasteiger partial charge in [-0.25, -0.2) is 17.9 Å². The normalized spacial score (nSPS) is 10.5. The number of ether oxygens (including phenoxy) is 1. The minimum absolute atomic E-state index is 0.0228. The molecule has 0 unspecified atom stereocenters. The average Bonchev–Trinajstić information content (AvgIpc) is 2.59. The fourth-order valence-corrected chi connectivity index (χ4v) is 2.52. The van der Waals surface area contributed by atoms with E-state index in [0.29, 0.717) is 0 Å². The van der Waals surface area contributed by atoms with E-state index in [9.17, 15) is 27.6 Å². The molecule has 0 aromatic heterocycles. The molecule has 1 aromatic carbocycles. The van der Waals surface area contributed by atoms with Crippen LogP contribution in [0.2, 0.25) is 0 Å². The van der Waals surface area contributed by atoms with Crippen molar-refractivity contribution < 1.29 is 37.4 Å². The molecule has 0 saturated heterocycles. The van der Waals surface area contributed by atoms with Crippen molar-refractivity contribution in [2.45, 2.75) is 11.8 Å². The van der Waals surface area contributed by atoms with Gasteiger partial charge in [-0.2, -0.15) is 0 Å². The Labute approximate surface area is 148 Å². The third kappa shape index (κ3) is 6.14. The average molecular weight is 387 g/mol. The van der Waals surface area contributed by atoms with Crippen molar-refractivity contribution in [2.75, 3.05) is 25.1 Å². The molecule has 4 N–H and O–H groups in total. The lowest BCUT2D eigenvalue weighted by molar-refractivity contribution is -0.152. The van der Waals surface area contributed by atoms with Crippen LogP contribution in [-0.2, 0) is 33.9 Å². The molecule has 1 aromatic rings. The number of amides is 3. The molecule has 0 aliphatic carbocycles. The van der Waals surface area contributed by atoms with Crippen molar-refractivity contribution in [3.8, 4) is 0 Å². The summed E-state index contributed by atoms with van der Waals surface area (Å²) in [6.45, 7) is 0.935. The van der Waals surface area contributed by atoms with Crippen LogP contribution in [0.15, 0.2) is 29.2 Å². The summed E-state index contributed by atoms with van der Waals surface area (Å²) in [4.78, 5) is 45.1. The summed E-state index contributed by atoms with van der Waals surface area (Å²) in [7, 11) is -4.33. The lowest BCUT2D eigenvalue weighted by atomic mass is 10.3. The van der Waals surface area contributed by atoms with Gasteiger partial charge in [0.25, 0.3) is 10.0 Å². The van der Waals surface area contributed by atoms with E-state index in [-0.39, 0.29) is 23.7 Å². The first-order chi connectivity index (χ1) is 12.2. The van der Waals surface area contributed by atoms with E-state index in [1.807, 2.05) is 5.32 Å². The van der Waals surface area contributed by atoms with Crippen LogP contribution in [0.5, 0.6) is 0 Å². The van der Waals surface area contributed by atoms with E-state index >= 15 is 0 Å². The molecular formula is C14H17N3O8S. The lowest BCUT2D eigenvalue weighted by Crippen LogP contribution is -2.43. The molecule has 1 rings (SSSR count). The highest BCUT2D eigenvalue weighted by Gasteiger charge is 2.22. The maximum Gasteiger partial charge on any atom is 0.397 e. The molecule has 0 heterocycles. The first-order valence-electron chi connectivity index (χ1n) is 7.25. The summed E-state index contributed by atoms with van der Waals surface area (Å²) in [5, 5.41) is 12.7. The summed E-state index contributed by atoms with van der Waals surface area (Å²) < 4.78 is 30.1. The minimum Gasteiger partial charge on any atom is -0.459 e. The van der Waals surface area contributed by atoms with E-state index in [4.69, 9.17) is 5.11 Å². The molecule has 0 aliphatic heterocycles. The van der Waals surface area contributed by atoms with Gasteiger partial charge in [0.1, 0.15) is 0 Å². The Balaban J connectivity index is 2.77. The Morgan fingerprint density at radius 2 is 1.65 bits per heavy atom. The monoisotopic (exact) mass is 387 g/mol. The number of esters is 1. The molecule has 0 fully saturated rings. The predicted molar refractivity (Wildman–Crippen MR) is 87.1 cm³/mol. The van der Waals surface area contributed by atoms with Crippen LogP contribution in [0.25, 0.3) is 0 Å². The Morgan fingerprint density at radius 1 is 1.04 bits per heavy atom. The van der Waals surface area contributed by atoms with E-state index in [2.05, 4.69) is 10.1 Å². The number of sulfonamides is 1. The highest BCUT2D eigenvalue weighted by molar-refractivity contribution is 7.90. The summed E-state index contributed by atoms with van der Waals surface area (Å²) >= 11 is 0. The molecule has 0 saturated carbocycles. The van der Waals surface area contributed by atoms with Crippen molar-refractivity contribution in [2.24, 2.45) is 0 Å². The van der Waals surface area contributed by atoms with Gasteiger partial charge in [-0.05, 0) is 31.2 Å². The number of hydrogen-bond acceptors (Lipinski definition) is 8. The fourth-order valence-electron chi connectivity index (χ4n) is 1.57. The van der Waals surface area contributed by atoms with Gasteiger partial charge in [-0.15, -0.1) is 0 Å². The molecule has 0 atom stereocenters. The topological polar surface area (TPSA) is 168 Å². The van der Waals surface area contributed by atoms with E-state index in [1.165, 1.54) is 19.1 Å². The Bertz CT molecular complexity index is 789. The standard InChI is InChI=1S/C14H17N3O8S/c1-2-25-14(22)13(21)16-9-3-5-10(6-4-9)26(23,24)17-12(20)11(19)15-7-8-18/h3-6,18H,2,7-8H2,1H3,(H,15,19)(H,16,21)(H,17,20). The maximum absolute atomic E-state index is 12.0. The molecule has 0 radical (unpaired) electrons. The van der Waals surface area contributed by atoms with Crippen molar-refractivity contribution >= 4 is 39.4 Å². The Morgan fingerprint density at radius 3 is 2.19 bits per heavy atom. The number of benzene rings is 1. The van der Waals surface area contributed by atoms with Gasteiger partial charge >= 0.3 is 23.7 Å². The second kappa shape index (κ2) is 9.48. The van der Waals surface area contributed by atoms with Crippen LogP contribution in [0.1, 0.15) is 6.92 Å². The van der Waals surface area contributed by atoms with Crippen molar-refractivity contribution in [1.29, 1.82) is 0 Å². The SMILES string of the molecule is CCOC(=O)C(=O)Nc1ccc(S(=O)(=O)NC(=O)C(=O)NCCO)cc1. The molecule has 26 heavy (non-hydrogen) atoms. The summed E-state index contributed by atoms with van der Waals surface area (Å²) in [6.07, 6.45) is 0. The predicted octanol–water partition coefficient (Wildman–Crippen LogP) is -1.90. The quantitative estimate of drug-likeness (QED) is 0.324. The number of hydrogen-bond donors (Lipinski definition) is 4. The van der Waals surface area contributed by atoms with Crippen LogP contribution >= 0.6 is 0 Å². The summed E-state index contributed by atoms with van der Waals surface area (Å²) in [6, 6.07) is 4.48. The smallest absolute Gasteiger partial charge is 0.397 e. The molecule has 0 bridgehead atoms. The summed E-state index contributed by atoms with van der Waals surface area (Å²) in [5.74, 6) is -4.76. The van der Waals surface area contributed by atoms with E-state index in [0.717, 1.165) is 12.1 Å². The van der Waals surface area contributed by atoms with Crippen molar-refractivity contribution in [1.82, 2.24) is 10.0 Å². The number of carbonyl (C=O) groups is 4. The molecule has 0 aliphatic rings. The molecule has 3 amide bonds. The second-order valence-corrected chi connectivity index (χ2v) is 6.30. The number of aliphatic hydroxyl groups excluding tert-OH is 1. The summed E-state index contributed by atoms with van der Waals surface area (Å²) in [5.41, 5.74) is 0.119. The number of anilines is 1. The zero-order chi connectivity index (χ0) is 19.7. The Kier molecular flexibility index (Phi) is 7.68. The van der Waals surface area contributed by atoms with Gasteiger partial charge < -0.3 is 20.5 Å². The molecule has 0 spiro atoms. The van der Waals surface area contributed by atoms with Crippen LogP contribution in [-0.4, -0.2) is 57.0 Å². The zero-order valence-electron chi connectivity index (χ0n) is 13.6. The van der Waals surface area contributed by atoms with Gasteiger partial charge in [0.05, 0.1) is 18.1 Å². The zero-order valence-corrected chi connectivity index (χ0v) is 14.5. The molecular weight excluding hydrogens is 370 g/mol. The highest BCUT2D eigenvalue weighted by atomic mass is 32.2. The van der Waals surface area contributed by atoms with Gasteiger partial charge in [-0.3, -0.25) is 14.4 Å². The van der Waals surface area contributed by atoms with Crippen molar-refractivity contribution in [3.63, 3.8) is 0 Å². The number of aliphatic hydroxyl groups is 1. The van der Waals surface area contributed by atoms with Crippen LogP contribution < -0.4 is 15.4 Å². The molecule has 142 valence electrons. The first kappa shape index (κ1) is 21.1. The first-order valence-corrected chi connectivity index (χ1v) is 8.73.